The number of rotatable bonds is 6. The molecule has 156 valence electrons. The molecular formula is C22H17N3O6. The molecule has 0 saturated carbocycles. The molecule has 0 aliphatic carbocycles. The van der Waals surface area contributed by atoms with Crippen LogP contribution in [-0.4, -0.2) is 27.8 Å². The monoisotopic (exact) mass is 419 g/mol. The summed E-state index contributed by atoms with van der Waals surface area (Å²) in [4.78, 5) is 46.5. The molecule has 0 aliphatic rings. The van der Waals surface area contributed by atoms with Gasteiger partial charge in [-0.1, -0.05) is 18.2 Å². The van der Waals surface area contributed by atoms with Crippen LogP contribution in [0.2, 0.25) is 0 Å². The van der Waals surface area contributed by atoms with Crippen molar-refractivity contribution < 1.29 is 24.4 Å². The molecule has 0 saturated heterocycles. The third-order valence-electron chi connectivity index (χ3n) is 4.43. The fourth-order valence-corrected chi connectivity index (χ4v) is 2.79. The first-order valence-corrected chi connectivity index (χ1v) is 9.06. The Hall–Kier alpha value is -4.53. The quantitative estimate of drug-likeness (QED) is 0.406. The van der Waals surface area contributed by atoms with Crippen LogP contribution in [0.25, 0.3) is 0 Å². The summed E-state index contributed by atoms with van der Waals surface area (Å²) >= 11 is 0. The lowest BCUT2D eigenvalue weighted by molar-refractivity contribution is -0.384. The Morgan fingerprint density at radius 2 is 1.48 bits per heavy atom. The fraction of sp³-hybridized carbons (Fsp3) is 0.0455. The van der Waals surface area contributed by atoms with Gasteiger partial charge in [-0.2, -0.15) is 0 Å². The molecule has 0 atom stereocenters. The normalized spacial score (nSPS) is 10.2. The molecule has 3 rings (SSSR count). The lowest BCUT2D eigenvalue weighted by Gasteiger charge is -2.11. The molecule has 3 aromatic carbocycles. The number of hydrogen-bond donors (Lipinski definition) is 3. The van der Waals surface area contributed by atoms with Crippen molar-refractivity contribution in [2.45, 2.75) is 6.92 Å². The molecule has 0 aliphatic heterocycles. The zero-order valence-corrected chi connectivity index (χ0v) is 16.3. The number of carboxylic acids is 1. The van der Waals surface area contributed by atoms with E-state index < -0.39 is 22.7 Å². The lowest BCUT2D eigenvalue weighted by Crippen LogP contribution is -2.15. The number of carbonyl (C=O) groups is 3. The minimum Gasteiger partial charge on any atom is -0.478 e. The molecular weight excluding hydrogens is 402 g/mol. The van der Waals surface area contributed by atoms with Crippen LogP contribution in [0.4, 0.5) is 17.1 Å². The number of carboxylic acid groups (broad SMARTS) is 1. The molecule has 31 heavy (non-hydrogen) atoms. The van der Waals surface area contributed by atoms with E-state index in [1.807, 2.05) is 0 Å². The van der Waals surface area contributed by atoms with Gasteiger partial charge in [-0.05, 0) is 48.9 Å². The first-order valence-electron chi connectivity index (χ1n) is 9.06. The molecule has 0 fully saturated rings. The minimum atomic E-state index is -1.11. The van der Waals surface area contributed by atoms with Gasteiger partial charge in [0, 0.05) is 34.6 Å². The second-order valence-electron chi connectivity index (χ2n) is 6.63. The van der Waals surface area contributed by atoms with E-state index in [9.17, 15) is 24.5 Å². The standard InChI is InChI=1S/C22H17N3O6/c1-13-8-9-16(22(28)29)12-19(13)24-21(27)14-4-2-6-17(10-14)23-20(26)15-5-3-7-18(11-15)25(30)31/h2-12H,1H3,(H,23,26)(H,24,27)(H,28,29). The van der Waals surface area contributed by atoms with Gasteiger partial charge < -0.3 is 15.7 Å². The number of nitro benzene ring substituents is 1. The average molecular weight is 419 g/mol. The van der Waals surface area contributed by atoms with Crippen LogP contribution in [0.15, 0.2) is 66.7 Å². The van der Waals surface area contributed by atoms with Gasteiger partial charge in [-0.15, -0.1) is 0 Å². The van der Waals surface area contributed by atoms with E-state index in [-0.39, 0.29) is 22.4 Å². The van der Waals surface area contributed by atoms with Gasteiger partial charge in [0.15, 0.2) is 0 Å². The molecule has 0 bridgehead atoms. The summed E-state index contributed by atoms with van der Waals surface area (Å²) in [6, 6.07) is 15.8. The Morgan fingerprint density at radius 3 is 2.16 bits per heavy atom. The van der Waals surface area contributed by atoms with E-state index in [1.165, 1.54) is 42.5 Å². The Bertz CT molecular complexity index is 1210. The number of hydrogen-bond acceptors (Lipinski definition) is 5. The molecule has 0 aromatic heterocycles. The number of nitrogens with one attached hydrogen (secondary N) is 2. The van der Waals surface area contributed by atoms with Crippen molar-refractivity contribution in [1.29, 1.82) is 0 Å². The highest BCUT2D eigenvalue weighted by Crippen LogP contribution is 2.20. The fourth-order valence-electron chi connectivity index (χ4n) is 2.79. The number of carbonyl (C=O) groups excluding carboxylic acids is 2. The molecule has 0 radical (unpaired) electrons. The SMILES string of the molecule is Cc1ccc(C(=O)O)cc1NC(=O)c1cccc(NC(=O)c2cccc([N+](=O)[O-])c2)c1. The van der Waals surface area contributed by atoms with E-state index >= 15 is 0 Å². The third-order valence-corrected chi connectivity index (χ3v) is 4.43. The first kappa shape index (κ1) is 21.2. The number of nitrogens with zero attached hydrogens (tertiary/aromatic N) is 1. The lowest BCUT2D eigenvalue weighted by atomic mass is 10.1. The highest BCUT2D eigenvalue weighted by Gasteiger charge is 2.14. The van der Waals surface area contributed by atoms with Crippen LogP contribution >= 0.6 is 0 Å². The molecule has 2 amide bonds. The van der Waals surface area contributed by atoms with E-state index in [1.54, 1.807) is 25.1 Å². The van der Waals surface area contributed by atoms with Crippen LogP contribution in [0.3, 0.4) is 0 Å². The smallest absolute Gasteiger partial charge is 0.335 e. The summed E-state index contributed by atoms with van der Waals surface area (Å²) in [7, 11) is 0. The van der Waals surface area contributed by atoms with Crippen molar-refractivity contribution in [2.75, 3.05) is 10.6 Å². The largest absolute Gasteiger partial charge is 0.478 e. The number of non-ortho nitro benzene ring substituents is 1. The average Bonchev–Trinajstić information content (AvgIpc) is 2.75. The van der Waals surface area contributed by atoms with Gasteiger partial charge in [-0.25, -0.2) is 4.79 Å². The van der Waals surface area contributed by atoms with Crippen molar-refractivity contribution in [1.82, 2.24) is 0 Å². The van der Waals surface area contributed by atoms with Gasteiger partial charge in [0.05, 0.1) is 10.5 Å². The van der Waals surface area contributed by atoms with Crippen molar-refractivity contribution >= 4 is 34.8 Å². The van der Waals surface area contributed by atoms with E-state index in [4.69, 9.17) is 5.11 Å². The Morgan fingerprint density at radius 1 is 0.839 bits per heavy atom. The highest BCUT2D eigenvalue weighted by atomic mass is 16.6. The van der Waals surface area contributed by atoms with Gasteiger partial charge in [0.2, 0.25) is 0 Å². The van der Waals surface area contributed by atoms with E-state index in [0.29, 0.717) is 16.9 Å². The maximum Gasteiger partial charge on any atom is 0.335 e. The van der Waals surface area contributed by atoms with E-state index in [2.05, 4.69) is 10.6 Å². The van der Waals surface area contributed by atoms with Crippen LogP contribution in [0.1, 0.15) is 36.6 Å². The summed E-state index contributed by atoms with van der Waals surface area (Å²) in [6.07, 6.45) is 0. The van der Waals surface area contributed by atoms with Crippen molar-refractivity contribution in [3.8, 4) is 0 Å². The summed E-state index contributed by atoms with van der Waals surface area (Å²) < 4.78 is 0. The summed E-state index contributed by atoms with van der Waals surface area (Å²) in [5.74, 6) is -2.16. The van der Waals surface area contributed by atoms with Gasteiger partial charge >= 0.3 is 5.97 Å². The minimum absolute atomic E-state index is 0.0406. The topological polar surface area (TPSA) is 139 Å². The van der Waals surface area contributed by atoms with Crippen LogP contribution in [0, 0.1) is 17.0 Å². The molecule has 0 heterocycles. The molecule has 0 spiro atoms. The predicted octanol–water partition coefficient (Wildman–Crippen LogP) is 4.11. The maximum absolute atomic E-state index is 12.6. The molecule has 3 N–H and O–H groups in total. The predicted molar refractivity (Wildman–Crippen MR) is 114 cm³/mol. The third kappa shape index (κ3) is 5.10. The van der Waals surface area contributed by atoms with Crippen molar-refractivity contribution in [3.05, 3.63) is 99.1 Å². The Labute approximate surface area is 176 Å². The number of amides is 2. The second kappa shape index (κ2) is 8.87. The van der Waals surface area contributed by atoms with Crippen LogP contribution < -0.4 is 10.6 Å². The summed E-state index contributed by atoms with van der Waals surface area (Å²) in [5, 5.41) is 25.3. The van der Waals surface area contributed by atoms with Crippen molar-refractivity contribution in [2.24, 2.45) is 0 Å². The second-order valence-corrected chi connectivity index (χ2v) is 6.63. The van der Waals surface area contributed by atoms with Crippen LogP contribution in [0.5, 0.6) is 0 Å². The van der Waals surface area contributed by atoms with Gasteiger partial charge in [0.1, 0.15) is 0 Å². The summed E-state index contributed by atoms with van der Waals surface area (Å²) in [5.41, 5.74) is 1.53. The molecule has 9 heteroatoms. The van der Waals surface area contributed by atoms with E-state index in [0.717, 1.165) is 6.07 Å². The Balaban J connectivity index is 1.77. The van der Waals surface area contributed by atoms with Crippen LogP contribution in [-0.2, 0) is 0 Å². The zero-order chi connectivity index (χ0) is 22.5. The maximum atomic E-state index is 12.6. The molecule has 9 nitrogen and oxygen atoms in total. The number of nitro groups is 1. The number of aromatic carboxylic acids is 1. The molecule has 3 aromatic rings. The highest BCUT2D eigenvalue weighted by molar-refractivity contribution is 6.08. The zero-order valence-electron chi connectivity index (χ0n) is 16.3. The summed E-state index contributed by atoms with van der Waals surface area (Å²) in [6.45, 7) is 1.73. The Kier molecular flexibility index (Phi) is 6.06. The van der Waals surface area contributed by atoms with Gasteiger partial charge in [0.25, 0.3) is 17.5 Å². The number of benzene rings is 3. The number of aryl methyl sites for hydroxylation is 1. The molecule has 0 unspecified atom stereocenters. The van der Waals surface area contributed by atoms with Gasteiger partial charge in [-0.3, -0.25) is 19.7 Å². The van der Waals surface area contributed by atoms with Crippen molar-refractivity contribution in [3.63, 3.8) is 0 Å². The first-order chi connectivity index (χ1) is 14.7. The number of anilines is 2.